The Morgan fingerprint density at radius 3 is 2.55 bits per heavy atom. The third-order valence-corrected chi connectivity index (χ3v) is 3.23. The van der Waals surface area contributed by atoms with Crippen molar-refractivity contribution in [2.45, 2.75) is 33.2 Å². The van der Waals surface area contributed by atoms with E-state index in [4.69, 9.17) is 0 Å². The number of nitrogens with one attached hydrogen (secondary N) is 1. The van der Waals surface area contributed by atoms with Crippen molar-refractivity contribution in [1.82, 2.24) is 19.3 Å². The molecule has 2 heterocycles. The highest BCUT2D eigenvalue weighted by atomic mass is 16.3. The fourth-order valence-electron chi connectivity index (χ4n) is 2.22. The van der Waals surface area contributed by atoms with Gasteiger partial charge < -0.3 is 5.11 Å². The molecular formula is C13H18N4O3. The Morgan fingerprint density at radius 2 is 2.05 bits per heavy atom. The van der Waals surface area contributed by atoms with Gasteiger partial charge in [-0.2, -0.15) is 5.10 Å². The van der Waals surface area contributed by atoms with Gasteiger partial charge in [0.25, 0.3) is 5.56 Å². The zero-order valence-electron chi connectivity index (χ0n) is 12.0. The molecule has 2 N–H and O–H groups in total. The number of H-pyrrole nitrogens is 1. The normalized spacial score (nSPS) is 11.2. The molecule has 0 aliphatic heterocycles. The van der Waals surface area contributed by atoms with Gasteiger partial charge in [0.15, 0.2) is 0 Å². The molecular weight excluding hydrogens is 260 g/mol. The van der Waals surface area contributed by atoms with Crippen LogP contribution in [-0.4, -0.2) is 24.4 Å². The zero-order valence-corrected chi connectivity index (χ0v) is 12.0. The van der Waals surface area contributed by atoms with E-state index in [1.54, 1.807) is 31.8 Å². The monoisotopic (exact) mass is 278 g/mol. The molecule has 7 nitrogen and oxygen atoms in total. The molecule has 2 rings (SSSR count). The number of nitrogens with zero attached hydrogens (tertiary/aromatic N) is 3. The molecule has 0 aromatic carbocycles. The van der Waals surface area contributed by atoms with E-state index in [0.29, 0.717) is 0 Å². The lowest BCUT2D eigenvalue weighted by Gasteiger charge is -2.12. The van der Waals surface area contributed by atoms with E-state index in [-0.39, 0.29) is 23.9 Å². The molecule has 0 aliphatic rings. The van der Waals surface area contributed by atoms with Gasteiger partial charge in [-0.15, -0.1) is 0 Å². The average molecular weight is 278 g/mol. The van der Waals surface area contributed by atoms with Gasteiger partial charge in [0, 0.05) is 18.8 Å². The van der Waals surface area contributed by atoms with Crippen molar-refractivity contribution in [3.63, 3.8) is 0 Å². The maximum absolute atomic E-state index is 11.9. The fourth-order valence-corrected chi connectivity index (χ4v) is 2.22. The highest BCUT2D eigenvalue weighted by molar-refractivity contribution is 5.27. The summed E-state index contributed by atoms with van der Waals surface area (Å²) >= 11 is 0. The van der Waals surface area contributed by atoms with Gasteiger partial charge in [-0.1, -0.05) is 13.8 Å². The first kappa shape index (κ1) is 14.1. The van der Waals surface area contributed by atoms with Crippen molar-refractivity contribution < 1.29 is 5.11 Å². The van der Waals surface area contributed by atoms with Crippen LogP contribution >= 0.6 is 0 Å². The second kappa shape index (κ2) is 4.99. The Kier molecular flexibility index (Phi) is 3.52. The van der Waals surface area contributed by atoms with Crippen LogP contribution in [0.5, 0.6) is 5.88 Å². The van der Waals surface area contributed by atoms with Crippen LogP contribution in [0.1, 0.15) is 36.6 Å². The molecule has 2 aromatic rings. The van der Waals surface area contributed by atoms with Crippen LogP contribution in [0.4, 0.5) is 0 Å². The van der Waals surface area contributed by atoms with Gasteiger partial charge in [0.1, 0.15) is 0 Å². The van der Waals surface area contributed by atoms with Crippen LogP contribution in [0.2, 0.25) is 0 Å². The van der Waals surface area contributed by atoms with Gasteiger partial charge >= 0.3 is 5.69 Å². The van der Waals surface area contributed by atoms with Crippen LogP contribution in [0.3, 0.4) is 0 Å². The molecule has 108 valence electrons. The molecule has 0 atom stereocenters. The largest absolute Gasteiger partial charge is 0.494 e. The second-order valence-corrected chi connectivity index (χ2v) is 5.15. The summed E-state index contributed by atoms with van der Waals surface area (Å²) in [5.74, 6) is -0.461. The van der Waals surface area contributed by atoms with Gasteiger partial charge in [0.2, 0.25) is 5.88 Å². The molecule has 2 aromatic heterocycles. The first-order chi connectivity index (χ1) is 9.31. The molecule has 0 aliphatic carbocycles. The maximum atomic E-state index is 11.9. The predicted octanol–water partition coefficient (Wildman–Crippen LogP) is 0.456. The average Bonchev–Trinajstić information content (AvgIpc) is 2.62. The van der Waals surface area contributed by atoms with E-state index in [1.807, 2.05) is 6.92 Å². The quantitative estimate of drug-likeness (QED) is 0.852. The van der Waals surface area contributed by atoms with Gasteiger partial charge in [-0.25, -0.2) is 4.79 Å². The third-order valence-electron chi connectivity index (χ3n) is 3.23. The number of hydrogen-bond acceptors (Lipinski definition) is 4. The van der Waals surface area contributed by atoms with Crippen molar-refractivity contribution in [3.8, 4) is 5.88 Å². The number of aromatic hydroxyl groups is 1. The maximum Gasteiger partial charge on any atom is 0.331 e. The van der Waals surface area contributed by atoms with E-state index < -0.39 is 11.2 Å². The number of aromatic amines is 1. The van der Waals surface area contributed by atoms with Crippen molar-refractivity contribution in [2.24, 2.45) is 7.05 Å². The molecule has 0 bridgehead atoms. The lowest BCUT2D eigenvalue weighted by Crippen LogP contribution is -2.33. The standard InChI is InChI=1S/C13H18N4O3/c1-7(2)10-11(18)14-13(20)17(12(10)19)6-9-5-16(4)15-8(9)3/h5,7,19H,6H2,1-4H3,(H,14,18,20). The summed E-state index contributed by atoms with van der Waals surface area (Å²) in [6.45, 7) is 5.57. The third kappa shape index (κ3) is 2.38. The second-order valence-electron chi connectivity index (χ2n) is 5.15. The summed E-state index contributed by atoms with van der Waals surface area (Å²) in [5.41, 5.74) is 0.635. The Labute approximate surface area is 115 Å². The Bertz CT molecular complexity index is 752. The SMILES string of the molecule is Cc1nn(C)cc1Cn1c(O)c(C(C)C)c(=O)[nH]c1=O. The molecule has 7 heteroatoms. The number of aromatic nitrogens is 4. The Balaban J connectivity index is 2.58. The van der Waals surface area contributed by atoms with Gasteiger partial charge in [0.05, 0.1) is 17.8 Å². The van der Waals surface area contributed by atoms with Crippen molar-refractivity contribution in [1.29, 1.82) is 0 Å². The molecule has 20 heavy (non-hydrogen) atoms. The minimum atomic E-state index is -0.625. The first-order valence-corrected chi connectivity index (χ1v) is 6.36. The lowest BCUT2D eigenvalue weighted by atomic mass is 10.1. The van der Waals surface area contributed by atoms with Crippen molar-refractivity contribution in [2.75, 3.05) is 0 Å². The molecule has 0 amide bonds. The van der Waals surface area contributed by atoms with Crippen LogP contribution in [0, 0.1) is 6.92 Å². The summed E-state index contributed by atoms with van der Waals surface area (Å²) in [5, 5.41) is 14.4. The molecule has 0 saturated carbocycles. The number of aryl methyl sites for hydroxylation is 2. The summed E-state index contributed by atoms with van der Waals surface area (Å²) < 4.78 is 2.79. The minimum absolute atomic E-state index is 0.167. The molecule has 0 spiro atoms. The molecule has 0 unspecified atom stereocenters. The predicted molar refractivity (Wildman–Crippen MR) is 74.1 cm³/mol. The number of hydrogen-bond donors (Lipinski definition) is 2. The van der Waals surface area contributed by atoms with Gasteiger partial charge in [-0.05, 0) is 12.8 Å². The van der Waals surface area contributed by atoms with E-state index in [2.05, 4.69) is 10.1 Å². The zero-order chi connectivity index (χ0) is 15.0. The minimum Gasteiger partial charge on any atom is -0.494 e. The van der Waals surface area contributed by atoms with Crippen LogP contribution < -0.4 is 11.2 Å². The highest BCUT2D eigenvalue weighted by Crippen LogP contribution is 2.20. The summed E-state index contributed by atoms with van der Waals surface area (Å²) in [7, 11) is 1.78. The van der Waals surface area contributed by atoms with Crippen LogP contribution in [-0.2, 0) is 13.6 Å². The van der Waals surface area contributed by atoms with E-state index in [1.165, 1.54) is 0 Å². The fraction of sp³-hybridized carbons (Fsp3) is 0.462. The van der Waals surface area contributed by atoms with Crippen LogP contribution in [0.15, 0.2) is 15.8 Å². The van der Waals surface area contributed by atoms with E-state index >= 15 is 0 Å². The molecule has 0 saturated heterocycles. The topological polar surface area (TPSA) is 92.9 Å². The molecule has 0 fully saturated rings. The van der Waals surface area contributed by atoms with E-state index in [0.717, 1.165) is 15.8 Å². The number of rotatable bonds is 3. The smallest absolute Gasteiger partial charge is 0.331 e. The summed E-state index contributed by atoms with van der Waals surface area (Å²) in [6.07, 6.45) is 1.78. The van der Waals surface area contributed by atoms with Crippen LogP contribution in [0.25, 0.3) is 0 Å². The summed E-state index contributed by atoms with van der Waals surface area (Å²) in [6, 6.07) is 0. The summed E-state index contributed by atoms with van der Waals surface area (Å²) in [4.78, 5) is 25.9. The van der Waals surface area contributed by atoms with Gasteiger partial charge in [-0.3, -0.25) is 19.0 Å². The van der Waals surface area contributed by atoms with Crippen molar-refractivity contribution in [3.05, 3.63) is 43.9 Å². The Hall–Kier alpha value is -2.31. The van der Waals surface area contributed by atoms with E-state index in [9.17, 15) is 14.7 Å². The molecule has 0 radical (unpaired) electrons. The van der Waals surface area contributed by atoms with Crippen molar-refractivity contribution >= 4 is 0 Å². The Morgan fingerprint density at radius 1 is 1.40 bits per heavy atom. The lowest BCUT2D eigenvalue weighted by molar-refractivity contribution is 0.398. The first-order valence-electron chi connectivity index (χ1n) is 6.36. The highest BCUT2D eigenvalue weighted by Gasteiger charge is 2.18.